The van der Waals surface area contributed by atoms with Crippen LogP contribution >= 0.6 is 0 Å². The van der Waals surface area contributed by atoms with Crippen LogP contribution in [0.25, 0.3) is 0 Å². The molecule has 5 heteroatoms. The lowest BCUT2D eigenvalue weighted by atomic mass is 9.95. The van der Waals surface area contributed by atoms with Gasteiger partial charge in [0.25, 0.3) is 0 Å². The Bertz CT molecular complexity index is 525. The Morgan fingerprint density at radius 1 is 1.14 bits per heavy atom. The fraction of sp³-hybridized carbons (Fsp3) is 0.500. The third-order valence-corrected chi connectivity index (χ3v) is 4.10. The molecule has 21 heavy (non-hydrogen) atoms. The number of hydrogen-bond donors (Lipinski definition) is 2. The van der Waals surface area contributed by atoms with E-state index in [1.807, 2.05) is 50.2 Å². The molecule has 1 fully saturated rings. The molecule has 1 aromatic carbocycles. The summed E-state index contributed by atoms with van der Waals surface area (Å²) >= 11 is 0. The SMILES string of the molecule is CC1C[C@H](C(=O)Nc2ccc(N(C)C)cc2)[C@H](C(=O)O)C1. The maximum absolute atomic E-state index is 12.3. The highest BCUT2D eigenvalue weighted by molar-refractivity contribution is 5.95. The zero-order valence-corrected chi connectivity index (χ0v) is 12.7. The van der Waals surface area contributed by atoms with Crippen LogP contribution in [0.4, 0.5) is 11.4 Å². The number of benzene rings is 1. The van der Waals surface area contributed by atoms with Crippen molar-refractivity contribution in [2.45, 2.75) is 19.8 Å². The molecule has 5 nitrogen and oxygen atoms in total. The van der Waals surface area contributed by atoms with Gasteiger partial charge in [0.1, 0.15) is 0 Å². The molecule has 1 aromatic rings. The van der Waals surface area contributed by atoms with Gasteiger partial charge in [0.15, 0.2) is 0 Å². The van der Waals surface area contributed by atoms with E-state index in [1.54, 1.807) is 0 Å². The molecule has 0 aromatic heterocycles. The van der Waals surface area contributed by atoms with Gasteiger partial charge in [-0.3, -0.25) is 9.59 Å². The lowest BCUT2D eigenvalue weighted by Gasteiger charge is -2.16. The van der Waals surface area contributed by atoms with Gasteiger partial charge in [-0.25, -0.2) is 0 Å². The highest BCUT2D eigenvalue weighted by atomic mass is 16.4. The largest absolute Gasteiger partial charge is 0.481 e. The molecule has 0 radical (unpaired) electrons. The van der Waals surface area contributed by atoms with E-state index < -0.39 is 17.8 Å². The first-order valence-electron chi connectivity index (χ1n) is 7.19. The molecule has 1 aliphatic carbocycles. The predicted octanol–water partition coefficient (Wildman–Crippen LogP) is 2.44. The monoisotopic (exact) mass is 290 g/mol. The van der Waals surface area contributed by atoms with Gasteiger partial charge in [-0.2, -0.15) is 0 Å². The summed E-state index contributed by atoms with van der Waals surface area (Å²) < 4.78 is 0. The number of anilines is 2. The summed E-state index contributed by atoms with van der Waals surface area (Å²) in [6.07, 6.45) is 1.21. The number of aliphatic carboxylic acids is 1. The molecule has 114 valence electrons. The Morgan fingerprint density at radius 3 is 2.24 bits per heavy atom. The summed E-state index contributed by atoms with van der Waals surface area (Å²) in [5.41, 5.74) is 1.75. The first kappa shape index (κ1) is 15.4. The van der Waals surface area contributed by atoms with Crippen molar-refractivity contribution < 1.29 is 14.7 Å². The third kappa shape index (κ3) is 3.54. The normalized spacial score (nSPS) is 24.6. The van der Waals surface area contributed by atoms with Crippen molar-refractivity contribution in [2.75, 3.05) is 24.3 Å². The van der Waals surface area contributed by atoms with Gasteiger partial charge in [0.2, 0.25) is 5.91 Å². The van der Waals surface area contributed by atoms with Gasteiger partial charge >= 0.3 is 5.97 Å². The fourth-order valence-corrected chi connectivity index (χ4v) is 2.93. The summed E-state index contributed by atoms with van der Waals surface area (Å²) in [6.45, 7) is 2.00. The van der Waals surface area contributed by atoms with Crippen LogP contribution in [0.1, 0.15) is 19.8 Å². The molecule has 1 aliphatic rings. The van der Waals surface area contributed by atoms with Crippen molar-refractivity contribution >= 4 is 23.3 Å². The number of carbonyl (C=O) groups excluding carboxylic acids is 1. The van der Waals surface area contributed by atoms with Crippen molar-refractivity contribution in [1.29, 1.82) is 0 Å². The first-order valence-corrected chi connectivity index (χ1v) is 7.19. The van der Waals surface area contributed by atoms with Gasteiger partial charge in [0.05, 0.1) is 11.8 Å². The molecular weight excluding hydrogens is 268 g/mol. The zero-order chi connectivity index (χ0) is 15.6. The molecule has 0 heterocycles. The average molecular weight is 290 g/mol. The van der Waals surface area contributed by atoms with Crippen LogP contribution in [0, 0.1) is 17.8 Å². The Kier molecular flexibility index (Phi) is 4.50. The Hall–Kier alpha value is -2.04. The van der Waals surface area contributed by atoms with E-state index in [-0.39, 0.29) is 11.8 Å². The van der Waals surface area contributed by atoms with E-state index in [4.69, 9.17) is 0 Å². The Balaban J connectivity index is 2.05. The number of carboxylic acid groups (broad SMARTS) is 1. The van der Waals surface area contributed by atoms with Crippen LogP contribution in [-0.4, -0.2) is 31.1 Å². The molecule has 0 aliphatic heterocycles. The second-order valence-electron chi connectivity index (χ2n) is 6.06. The van der Waals surface area contributed by atoms with Crippen molar-refractivity contribution in [3.8, 4) is 0 Å². The average Bonchev–Trinajstić information content (AvgIpc) is 2.82. The van der Waals surface area contributed by atoms with Gasteiger partial charge < -0.3 is 15.3 Å². The minimum Gasteiger partial charge on any atom is -0.481 e. The highest BCUT2D eigenvalue weighted by Crippen LogP contribution is 2.37. The topological polar surface area (TPSA) is 69.6 Å². The van der Waals surface area contributed by atoms with Crippen LogP contribution in [0.5, 0.6) is 0 Å². The smallest absolute Gasteiger partial charge is 0.307 e. The molecule has 0 spiro atoms. The fourth-order valence-electron chi connectivity index (χ4n) is 2.93. The van der Waals surface area contributed by atoms with Crippen molar-refractivity contribution in [2.24, 2.45) is 17.8 Å². The van der Waals surface area contributed by atoms with E-state index in [0.717, 1.165) is 5.69 Å². The molecule has 1 unspecified atom stereocenters. The molecular formula is C16H22N2O3. The van der Waals surface area contributed by atoms with Gasteiger partial charge in [-0.15, -0.1) is 0 Å². The first-order chi connectivity index (χ1) is 9.88. The van der Waals surface area contributed by atoms with Crippen molar-refractivity contribution in [3.05, 3.63) is 24.3 Å². The van der Waals surface area contributed by atoms with Crippen LogP contribution in [0.15, 0.2) is 24.3 Å². The predicted molar refractivity (Wildman–Crippen MR) is 82.4 cm³/mol. The summed E-state index contributed by atoms with van der Waals surface area (Å²) in [5, 5.41) is 12.1. The summed E-state index contributed by atoms with van der Waals surface area (Å²) in [6, 6.07) is 7.51. The van der Waals surface area contributed by atoms with Crippen LogP contribution in [0.3, 0.4) is 0 Å². The number of carbonyl (C=O) groups is 2. The molecule has 1 saturated carbocycles. The van der Waals surface area contributed by atoms with Crippen LogP contribution in [-0.2, 0) is 9.59 Å². The molecule has 0 bridgehead atoms. The van der Waals surface area contributed by atoms with Gasteiger partial charge in [-0.1, -0.05) is 6.92 Å². The van der Waals surface area contributed by atoms with E-state index in [1.165, 1.54) is 0 Å². The van der Waals surface area contributed by atoms with Crippen LogP contribution < -0.4 is 10.2 Å². The van der Waals surface area contributed by atoms with Crippen molar-refractivity contribution in [1.82, 2.24) is 0 Å². The maximum Gasteiger partial charge on any atom is 0.307 e. The quantitative estimate of drug-likeness (QED) is 0.893. The number of rotatable bonds is 4. The molecule has 2 rings (SSSR count). The Labute approximate surface area is 125 Å². The maximum atomic E-state index is 12.3. The molecule has 1 amide bonds. The number of nitrogens with zero attached hydrogens (tertiary/aromatic N) is 1. The summed E-state index contributed by atoms with van der Waals surface area (Å²) in [7, 11) is 3.90. The molecule has 0 saturated heterocycles. The van der Waals surface area contributed by atoms with E-state index >= 15 is 0 Å². The van der Waals surface area contributed by atoms with E-state index in [0.29, 0.717) is 18.5 Å². The summed E-state index contributed by atoms with van der Waals surface area (Å²) in [4.78, 5) is 25.5. The minimum atomic E-state index is -0.873. The second kappa shape index (κ2) is 6.16. The molecule has 3 atom stereocenters. The zero-order valence-electron chi connectivity index (χ0n) is 12.7. The minimum absolute atomic E-state index is 0.190. The standard InChI is InChI=1S/C16H22N2O3/c1-10-8-13(14(9-10)16(20)21)15(19)17-11-4-6-12(7-5-11)18(2)3/h4-7,10,13-14H,8-9H2,1-3H3,(H,17,19)(H,20,21)/t10?,13-,14+/m0/s1. The number of hydrogen-bond acceptors (Lipinski definition) is 3. The number of nitrogens with one attached hydrogen (secondary N) is 1. The van der Waals surface area contributed by atoms with E-state index in [2.05, 4.69) is 5.32 Å². The van der Waals surface area contributed by atoms with Gasteiger partial charge in [0, 0.05) is 25.5 Å². The van der Waals surface area contributed by atoms with E-state index in [9.17, 15) is 14.7 Å². The number of carboxylic acids is 1. The van der Waals surface area contributed by atoms with Gasteiger partial charge in [-0.05, 0) is 43.0 Å². The lowest BCUT2D eigenvalue weighted by molar-refractivity contribution is -0.145. The molecule has 2 N–H and O–H groups in total. The Morgan fingerprint density at radius 2 is 1.71 bits per heavy atom. The highest BCUT2D eigenvalue weighted by Gasteiger charge is 2.41. The second-order valence-corrected chi connectivity index (χ2v) is 6.06. The van der Waals surface area contributed by atoms with Crippen LogP contribution in [0.2, 0.25) is 0 Å². The third-order valence-electron chi connectivity index (χ3n) is 4.10. The number of amides is 1. The lowest BCUT2D eigenvalue weighted by Crippen LogP contribution is -2.30. The van der Waals surface area contributed by atoms with Crippen molar-refractivity contribution in [3.63, 3.8) is 0 Å². The summed E-state index contributed by atoms with van der Waals surface area (Å²) in [5.74, 6) is -1.79.